The van der Waals surface area contributed by atoms with Gasteiger partial charge in [-0.2, -0.15) is 0 Å². The molecule has 0 saturated carbocycles. The standard InChI is InChI=1S/C15H22N4O2/c20-15(3-7-18-8-10-21-11-9-18)19-6-1-2-14(19)13-12-16-4-5-17-13/h4-5,12,14H,1-3,6-11H2/t14-/m1/s1. The second kappa shape index (κ2) is 6.95. The highest BCUT2D eigenvalue weighted by atomic mass is 16.5. The van der Waals surface area contributed by atoms with Crippen molar-refractivity contribution in [1.82, 2.24) is 19.8 Å². The van der Waals surface area contributed by atoms with E-state index in [1.165, 1.54) is 0 Å². The van der Waals surface area contributed by atoms with Crippen LogP contribution in [-0.4, -0.2) is 65.1 Å². The third-order valence-corrected chi connectivity index (χ3v) is 4.24. The minimum Gasteiger partial charge on any atom is -0.379 e. The summed E-state index contributed by atoms with van der Waals surface area (Å²) in [5.41, 5.74) is 0.912. The Morgan fingerprint density at radius 3 is 2.90 bits per heavy atom. The molecule has 1 amide bonds. The zero-order valence-electron chi connectivity index (χ0n) is 12.3. The van der Waals surface area contributed by atoms with Crippen LogP contribution in [0.25, 0.3) is 0 Å². The number of carbonyl (C=O) groups is 1. The van der Waals surface area contributed by atoms with E-state index >= 15 is 0 Å². The number of morpholine rings is 1. The van der Waals surface area contributed by atoms with Gasteiger partial charge in [0.25, 0.3) is 0 Å². The molecule has 1 aromatic heterocycles. The number of amides is 1. The van der Waals surface area contributed by atoms with Gasteiger partial charge >= 0.3 is 0 Å². The van der Waals surface area contributed by atoms with Gasteiger partial charge in [0, 0.05) is 45.0 Å². The summed E-state index contributed by atoms with van der Waals surface area (Å²) >= 11 is 0. The van der Waals surface area contributed by atoms with Crippen LogP contribution in [0.5, 0.6) is 0 Å². The van der Waals surface area contributed by atoms with Crippen molar-refractivity contribution < 1.29 is 9.53 Å². The summed E-state index contributed by atoms with van der Waals surface area (Å²) in [5, 5.41) is 0. The smallest absolute Gasteiger partial charge is 0.224 e. The van der Waals surface area contributed by atoms with Crippen molar-refractivity contribution in [3.63, 3.8) is 0 Å². The summed E-state index contributed by atoms with van der Waals surface area (Å²) in [7, 11) is 0. The molecule has 0 spiro atoms. The average Bonchev–Trinajstić information content (AvgIpc) is 3.04. The first-order chi connectivity index (χ1) is 10.3. The molecule has 0 bridgehead atoms. The topological polar surface area (TPSA) is 58.6 Å². The number of hydrogen-bond donors (Lipinski definition) is 0. The maximum absolute atomic E-state index is 12.5. The molecule has 0 aliphatic carbocycles. The Balaban J connectivity index is 1.55. The van der Waals surface area contributed by atoms with Gasteiger partial charge in [-0.05, 0) is 12.8 Å². The predicted octanol–water partition coefficient (Wildman–Crippen LogP) is 0.862. The largest absolute Gasteiger partial charge is 0.379 e. The number of hydrogen-bond acceptors (Lipinski definition) is 5. The molecule has 2 fully saturated rings. The highest BCUT2D eigenvalue weighted by molar-refractivity contribution is 5.77. The Bertz CT molecular complexity index is 462. The molecule has 2 aliphatic rings. The van der Waals surface area contributed by atoms with Crippen LogP contribution >= 0.6 is 0 Å². The average molecular weight is 290 g/mol. The summed E-state index contributed by atoms with van der Waals surface area (Å²) in [4.78, 5) is 25.2. The minimum atomic E-state index is 0.107. The van der Waals surface area contributed by atoms with E-state index < -0.39 is 0 Å². The first kappa shape index (κ1) is 14.4. The van der Waals surface area contributed by atoms with Crippen LogP contribution in [0.3, 0.4) is 0 Å². The van der Waals surface area contributed by atoms with Gasteiger partial charge < -0.3 is 9.64 Å². The molecule has 0 unspecified atom stereocenters. The number of carbonyl (C=O) groups excluding carboxylic acids is 1. The number of ether oxygens (including phenoxy) is 1. The van der Waals surface area contributed by atoms with Gasteiger partial charge in [-0.15, -0.1) is 0 Å². The summed E-state index contributed by atoms with van der Waals surface area (Å²) in [6, 6.07) is 0.107. The van der Waals surface area contributed by atoms with E-state index in [1.54, 1.807) is 18.6 Å². The molecule has 0 aromatic carbocycles. The number of rotatable bonds is 4. The second-order valence-corrected chi connectivity index (χ2v) is 5.58. The van der Waals surface area contributed by atoms with Gasteiger partial charge in [-0.3, -0.25) is 19.7 Å². The van der Waals surface area contributed by atoms with E-state index in [1.807, 2.05) is 4.90 Å². The van der Waals surface area contributed by atoms with E-state index in [2.05, 4.69) is 14.9 Å². The van der Waals surface area contributed by atoms with Crippen LogP contribution in [-0.2, 0) is 9.53 Å². The maximum atomic E-state index is 12.5. The zero-order chi connectivity index (χ0) is 14.5. The van der Waals surface area contributed by atoms with Crippen molar-refractivity contribution in [1.29, 1.82) is 0 Å². The lowest BCUT2D eigenvalue weighted by Crippen LogP contribution is -2.39. The summed E-state index contributed by atoms with van der Waals surface area (Å²) in [6.45, 7) is 5.08. The van der Waals surface area contributed by atoms with Gasteiger partial charge in [-0.25, -0.2) is 0 Å². The first-order valence-electron chi connectivity index (χ1n) is 7.70. The van der Waals surface area contributed by atoms with E-state index in [0.717, 1.165) is 57.9 Å². The molecular formula is C15H22N4O2. The lowest BCUT2D eigenvalue weighted by molar-refractivity contribution is -0.132. The Kier molecular flexibility index (Phi) is 4.77. The molecule has 3 heterocycles. The van der Waals surface area contributed by atoms with Gasteiger partial charge in [-0.1, -0.05) is 0 Å². The minimum absolute atomic E-state index is 0.107. The SMILES string of the molecule is O=C(CCN1CCOCC1)N1CCC[C@@H]1c1cnccn1. The predicted molar refractivity (Wildman–Crippen MR) is 77.6 cm³/mol. The van der Waals surface area contributed by atoms with Crippen LogP contribution in [0.2, 0.25) is 0 Å². The Labute approximate surface area is 125 Å². The lowest BCUT2D eigenvalue weighted by atomic mass is 10.1. The van der Waals surface area contributed by atoms with Crippen molar-refractivity contribution in [2.24, 2.45) is 0 Å². The summed E-state index contributed by atoms with van der Waals surface area (Å²) in [6.07, 6.45) is 7.76. The number of aromatic nitrogens is 2. The maximum Gasteiger partial charge on any atom is 0.224 e. The lowest BCUT2D eigenvalue weighted by Gasteiger charge is -2.28. The molecular weight excluding hydrogens is 268 g/mol. The fourth-order valence-electron chi connectivity index (χ4n) is 3.08. The molecule has 0 radical (unpaired) electrons. The van der Waals surface area contributed by atoms with Crippen LogP contribution in [0.15, 0.2) is 18.6 Å². The van der Waals surface area contributed by atoms with Crippen molar-refractivity contribution >= 4 is 5.91 Å². The first-order valence-corrected chi connectivity index (χ1v) is 7.70. The fourth-order valence-corrected chi connectivity index (χ4v) is 3.08. The summed E-state index contributed by atoms with van der Waals surface area (Å²) in [5.74, 6) is 0.231. The zero-order valence-corrected chi connectivity index (χ0v) is 12.3. The molecule has 0 N–H and O–H groups in total. The highest BCUT2D eigenvalue weighted by Crippen LogP contribution is 2.30. The molecule has 2 aliphatic heterocycles. The van der Waals surface area contributed by atoms with Crippen molar-refractivity contribution in [2.45, 2.75) is 25.3 Å². The van der Waals surface area contributed by atoms with E-state index in [0.29, 0.717) is 6.42 Å². The Morgan fingerprint density at radius 1 is 1.29 bits per heavy atom. The molecule has 1 atom stereocenters. The molecule has 3 rings (SSSR count). The van der Waals surface area contributed by atoms with Crippen molar-refractivity contribution in [3.8, 4) is 0 Å². The number of nitrogens with zero attached hydrogens (tertiary/aromatic N) is 4. The Hall–Kier alpha value is -1.53. The molecule has 6 heteroatoms. The van der Waals surface area contributed by atoms with Crippen LogP contribution in [0.1, 0.15) is 31.0 Å². The van der Waals surface area contributed by atoms with Gasteiger partial charge in [0.05, 0.1) is 31.1 Å². The van der Waals surface area contributed by atoms with E-state index in [-0.39, 0.29) is 11.9 Å². The fraction of sp³-hybridized carbons (Fsp3) is 0.667. The third kappa shape index (κ3) is 3.57. The van der Waals surface area contributed by atoms with Crippen LogP contribution < -0.4 is 0 Å². The van der Waals surface area contributed by atoms with Crippen molar-refractivity contribution in [3.05, 3.63) is 24.3 Å². The molecule has 2 saturated heterocycles. The number of likely N-dealkylation sites (tertiary alicyclic amines) is 1. The quantitative estimate of drug-likeness (QED) is 0.823. The van der Waals surface area contributed by atoms with Gasteiger partial charge in [0.2, 0.25) is 5.91 Å². The van der Waals surface area contributed by atoms with Gasteiger partial charge in [0.1, 0.15) is 0 Å². The van der Waals surface area contributed by atoms with E-state index in [4.69, 9.17) is 4.74 Å². The highest BCUT2D eigenvalue weighted by Gasteiger charge is 2.30. The third-order valence-electron chi connectivity index (χ3n) is 4.24. The van der Waals surface area contributed by atoms with Crippen LogP contribution in [0, 0.1) is 0 Å². The summed E-state index contributed by atoms with van der Waals surface area (Å²) < 4.78 is 5.33. The van der Waals surface area contributed by atoms with Crippen LogP contribution in [0.4, 0.5) is 0 Å². The molecule has 1 aromatic rings. The molecule has 6 nitrogen and oxygen atoms in total. The second-order valence-electron chi connectivity index (χ2n) is 5.58. The van der Waals surface area contributed by atoms with Gasteiger partial charge in [0.15, 0.2) is 0 Å². The van der Waals surface area contributed by atoms with Crippen molar-refractivity contribution in [2.75, 3.05) is 39.4 Å². The molecule has 21 heavy (non-hydrogen) atoms. The normalized spacial score (nSPS) is 23.4. The Morgan fingerprint density at radius 2 is 2.14 bits per heavy atom. The van der Waals surface area contributed by atoms with E-state index in [9.17, 15) is 4.79 Å². The monoisotopic (exact) mass is 290 g/mol. The molecule has 114 valence electrons.